The summed E-state index contributed by atoms with van der Waals surface area (Å²) in [5, 5.41) is 15.1. The van der Waals surface area contributed by atoms with Crippen molar-refractivity contribution in [3.05, 3.63) is 35.4 Å². The highest BCUT2D eigenvalue weighted by atomic mass is 16.6. The van der Waals surface area contributed by atoms with Crippen LogP contribution in [0.3, 0.4) is 0 Å². The molecule has 0 unspecified atom stereocenters. The lowest BCUT2D eigenvalue weighted by atomic mass is 9.91. The number of imide groups is 1. The van der Waals surface area contributed by atoms with Gasteiger partial charge in [0.1, 0.15) is 18.7 Å². The Morgan fingerprint density at radius 2 is 2.04 bits per heavy atom. The third-order valence-corrected chi connectivity index (χ3v) is 3.46. The zero-order valence-corrected chi connectivity index (χ0v) is 12.8. The highest BCUT2D eigenvalue weighted by molar-refractivity contribution is 6.08. The summed E-state index contributed by atoms with van der Waals surface area (Å²) < 4.78 is 0. The van der Waals surface area contributed by atoms with Crippen LogP contribution in [0, 0.1) is 0 Å². The molecule has 8 heteroatoms. The third-order valence-electron chi connectivity index (χ3n) is 3.46. The van der Waals surface area contributed by atoms with Crippen LogP contribution in [0.1, 0.15) is 25.0 Å². The van der Waals surface area contributed by atoms with E-state index >= 15 is 0 Å². The molecule has 0 spiro atoms. The minimum Gasteiger partial charge on any atom is -0.480 e. The minimum absolute atomic E-state index is 0.465. The number of carboxylic acids is 1. The third kappa shape index (κ3) is 3.31. The molecule has 1 aromatic carbocycles. The van der Waals surface area contributed by atoms with Gasteiger partial charge in [-0.2, -0.15) is 0 Å². The standard InChI is InChI=1S/C15H17N3O5/c1-3-23-16-8-10-4-6-11(7-5-10)15(2)13(21)18(9-12(19)20)14(22)17-15/h4-8H,3,9H2,1-2H3,(H,17,22)(H,19,20)/t15-/m0/s1. The molecule has 2 N–H and O–H groups in total. The van der Waals surface area contributed by atoms with Crippen LogP contribution in [0.15, 0.2) is 29.4 Å². The zero-order chi connectivity index (χ0) is 17.0. The molecule has 1 atom stereocenters. The monoisotopic (exact) mass is 319 g/mol. The Balaban J connectivity index is 2.22. The first-order valence-corrected chi connectivity index (χ1v) is 7.00. The Morgan fingerprint density at radius 3 is 2.61 bits per heavy atom. The second-order valence-corrected chi connectivity index (χ2v) is 5.11. The van der Waals surface area contributed by atoms with Crippen LogP contribution in [0.25, 0.3) is 0 Å². The van der Waals surface area contributed by atoms with Gasteiger partial charge in [-0.05, 0) is 25.0 Å². The molecule has 2 rings (SSSR count). The Kier molecular flexibility index (Phi) is 4.63. The number of oxime groups is 1. The topological polar surface area (TPSA) is 108 Å². The van der Waals surface area contributed by atoms with E-state index in [0.717, 1.165) is 5.56 Å². The number of nitrogens with zero attached hydrogens (tertiary/aromatic N) is 2. The number of nitrogens with one attached hydrogen (secondary N) is 1. The summed E-state index contributed by atoms with van der Waals surface area (Å²) in [6.07, 6.45) is 1.53. The number of carbonyl (C=O) groups excluding carboxylic acids is 2. The molecule has 1 saturated heterocycles. The van der Waals surface area contributed by atoms with E-state index in [9.17, 15) is 14.4 Å². The molecule has 0 bridgehead atoms. The molecule has 1 fully saturated rings. The van der Waals surface area contributed by atoms with Crippen LogP contribution in [0.2, 0.25) is 0 Å². The molecule has 3 amide bonds. The highest BCUT2D eigenvalue weighted by Crippen LogP contribution is 2.28. The van der Waals surface area contributed by atoms with Gasteiger partial charge in [-0.1, -0.05) is 29.4 Å². The fourth-order valence-corrected chi connectivity index (χ4v) is 2.25. The van der Waals surface area contributed by atoms with Crippen LogP contribution in [0.5, 0.6) is 0 Å². The second-order valence-electron chi connectivity index (χ2n) is 5.11. The average molecular weight is 319 g/mol. The lowest BCUT2D eigenvalue weighted by Gasteiger charge is -2.22. The predicted molar refractivity (Wildman–Crippen MR) is 80.9 cm³/mol. The highest BCUT2D eigenvalue weighted by Gasteiger charge is 2.49. The van der Waals surface area contributed by atoms with E-state index in [-0.39, 0.29) is 0 Å². The molecule has 0 aromatic heterocycles. The van der Waals surface area contributed by atoms with Gasteiger partial charge in [-0.25, -0.2) is 4.79 Å². The lowest BCUT2D eigenvalue weighted by molar-refractivity contribution is -0.142. The number of aliphatic carboxylic acids is 1. The molecule has 23 heavy (non-hydrogen) atoms. The maximum absolute atomic E-state index is 12.4. The van der Waals surface area contributed by atoms with Crippen molar-refractivity contribution >= 4 is 24.1 Å². The number of amides is 3. The summed E-state index contributed by atoms with van der Waals surface area (Å²) >= 11 is 0. The van der Waals surface area contributed by atoms with E-state index < -0.39 is 30.0 Å². The zero-order valence-electron chi connectivity index (χ0n) is 12.8. The van der Waals surface area contributed by atoms with Crippen molar-refractivity contribution in [2.45, 2.75) is 19.4 Å². The maximum Gasteiger partial charge on any atom is 0.325 e. The number of hydrogen-bond acceptors (Lipinski definition) is 5. The van der Waals surface area contributed by atoms with Crippen molar-refractivity contribution < 1.29 is 24.3 Å². The molecule has 0 saturated carbocycles. The second kappa shape index (κ2) is 6.47. The lowest BCUT2D eigenvalue weighted by Crippen LogP contribution is -2.41. The molecular formula is C15H17N3O5. The number of urea groups is 1. The molecule has 1 aliphatic rings. The van der Waals surface area contributed by atoms with Crippen molar-refractivity contribution in [2.75, 3.05) is 13.2 Å². The first-order chi connectivity index (χ1) is 10.9. The maximum atomic E-state index is 12.4. The molecule has 1 aromatic rings. The summed E-state index contributed by atoms with van der Waals surface area (Å²) in [4.78, 5) is 40.6. The molecular weight excluding hydrogens is 302 g/mol. The van der Waals surface area contributed by atoms with Crippen LogP contribution < -0.4 is 5.32 Å². The SMILES string of the molecule is CCON=Cc1ccc([C@]2(C)NC(=O)N(CC(=O)O)C2=O)cc1. The summed E-state index contributed by atoms with van der Waals surface area (Å²) in [6.45, 7) is 3.16. The van der Waals surface area contributed by atoms with Gasteiger partial charge in [0, 0.05) is 0 Å². The van der Waals surface area contributed by atoms with E-state index in [1.807, 2.05) is 6.92 Å². The molecule has 8 nitrogen and oxygen atoms in total. The Bertz CT molecular complexity index is 656. The van der Waals surface area contributed by atoms with Gasteiger partial charge in [0.15, 0.2) is 0 Å². The summed E-state index contributed by atoms with van der Waals surface area (Å²) in [5.41, 5.74) is 0.0320. The molecule has 0 aliphatic carbocycles. The van der Waals surface area contributed by atoms with E-state index in [2.05, 4.69) is 10.5 Å². The van der Waals surface area contributed by atoms with Crippen LogP contribution >= 0.6 is 0 Å². The van der Waals surface area contributed by atoms with Gasteiger partial charge in [0.05, 0.1) is 6.21 Å². The quantitative estimate of drug-likeness (QED) is 0.460. The predicted octanol–water partition coefficient (Wildman–Crippen LogP) is 0.909. The fourth-order valence-electron chi connectivity index (χ4n) is 2.25. The van der Waals surface area contributed by atoms with Crippen molar-refractivity contribution in [2.24, 2.45) is 5.16 Å². The van der Waals surface area contributed by atoms with Crippen molar-refractivity contribution in [1.29, 1.82) is 0 Å². The molecule has 0 radical (unpaired) electrons. The number of carboxylic acid groups (broad SMARTS) is 1. The molecule has 1 heterocycles. The number of hydrogen-bond donors (Lipinski definition) is 2. The van der Waals surface area contributed by atoms with E-state index in [0.29, 0.717) is 17.1 Å². The van der Waals surface area contributed by atoms with Crippen LogP contribution in [0.4, 0.5) is 4.79 Å². The number of benzene rings is 1. The summed E-state index contributed by atoms with van der Waals surface area (Å²) in [5.74, 6) is -1.85. The first kappa shape index (κ1) is 16.5. The van der Waals surface area contributed by atoms with Crippen molar-refractivity contribution in [3.8, 4) is 0 Å². The van der Waals surface area contributed by atoms with Gasteiger partial charge in [-0.3, -0.25) is 14.5 Å². The van der Waals surface area contributed by atoms with E-state index in [4.69, 9.17) is 9.94 Å². The van der Waals surface area contributed by atoms with Crippen molar-refractivity contribution in [3.63, 3.8) is 0 Å². The Hall–Kier alpha value is -2.90. The molecule has 122 valence electrons. The van der Waals surface area contributed by atoms with Crippen LogP contribution in [-0.4, -0.2) is 47.3 Å². The van der Waals surface area contributed by atoms with Gasteiger partial charge in [-0.15, -0.1) is 0 Å². The van der Waals surface area contributed by atoms with Crippen molar-refractivity contribution in [1.82, 2.24) is 10.2 Å². The van der Waals surface area contributed by atoms with Gasteiger partial charge >= 0.3 is 12.0 Å². The fraction of sp³-hybridized carbons (Fsp3) is 0.333. The average Bonchev–Trinajstić information content (AvgIpc) is 2.72. The Labute approximate surface area is 132 Å². The summed E-state index contributed by atoms with van der Waals surface area (Å²) in [6, 6.07) is 6.08. The number of rotatable bonds is 6. The summed E-state index contributed by atoms with van der Waals surface area (Å²) in [7, 11) is 0. The first-order valence-electron chi connectivity index (χ1n) is 7.00. The minimum atomic E-state index is -1.29. The van der Waals surface area contributed by atoms with E-state index in [1.54, 1.807) is 31.2 Å². The van der Waals surface area contributed by atoms with Gasteiger partial charge in [0.2, 0.25) is 0 Å². The van der Waals surface area contributed by atoms with Gasteiger partial charge in [0.25, 0.3) is 5.91 Å². The molecule has 1 aliphatic heterocycles. The normalized spacial score (nSPS) is 20.9. The smallest absolute Gasteiger partial charge is 0.325 e. The van der Waals surface area contributed by atoms with E-state index in [1.165, 1.54) is 6.21 Å². The van der Waals surface area contributed by atoms with Crippen LogP contribution in [-0.2, 0) is 20.0 Å². The number of carbonyl (C=O) groups is 3. The van der Waals surface area contributed by atoms with Gasteiger partial charge < -0.3 is 15.3 Å². The Morgan fingerprint density at radius 1 is 1.39 bits per heavy atom. The largest absolute Gasteiger partial charge is 0.480 e.